The van der Waals surface area contributed by atoms with Gasteiger partial charge in [-0.3, -0.25) is 19.1 Å². The molecule has 30 heavy (non-hydrogen) atoms. The van der Waals surface area contributed by atoms with Crippen molar-refractivity contribution in [2.24, 2.45) is 0 Å². The van der Waals surface area contributed by atoms with Crippen molar-refractivity contribution in [3.63, 3.8) is 0 Å². The van der Waals surface area contributed by atoms with Crippen molar-refractivity contribution in [1.29, 1.82) is 0 Å². The molecule has 152 valence electrons. The van der Waals surface area contributed by atoms with Crippen LogP contribution >= 0.6 is 15.9 Å². The van der Waals surface area contributed by atoms with Gasteiger partial charge in [0.05, 0.1) is 33.5 Å². The van der Waals surface area contributed by atoms with E-state index in [9.17, 15) is 14.4 Å². The highest BCUT2D eigenvalue weighted by molar-refractivity contribution is 9.10. The van der Waals surface area contributed by atoms with E-state index in [1.165, 1.54) is 0 Å². The summed E-state index contributed by atoms with van der Waals surface area (Å²) >= 11 is 3.47. The van der Waals surface area contributed by atoms with E-state index in [2.05, 4.69) is 21.0 Å². The molecule has 0 N–H and O–H groups in total. The second-order valence-electron chi connectivity index (χ2n) is 6.98. The van der Waals surface area contributed by atoms with Gasteiger partial charge in [-0.1, -0.05) is 18.2 Å². The first-order chi connectivity index (χ1) is 14.4. The Balaban J connectivity index is 1.57. The van der Waals surface area contributed by atoms with Gasteiger partial charge in [-0.15, -0.1) is 0 Å². The van der Waals surface area contributed by atoms with Gasteiger partial charge in [-0.05, 0) is 53.2 Å². The Morgan fingerprint density at radius 1 is 1.07 bits per heavy atom. The fraction of sp³-hybridized carbons (Fsp3) is 0.182. The predicted octanol–water partition coefficient (Wildman–Crippen LogP) is 3.74. The summed E-state index contributed by atoms with van der Waals surface area (Å²) in [5.41, 5.74) is 2.25. The van der Waals surface area contributed by atoms with Crippen molar-refractivity contribution in [3.05, 3.63) is 81.6 Å². The van der Waals surface area contributed by atoms with Gasteiger partial charge in [0.2, 0.25) is 0 Å². The zero-order valence-electron chi connectivity index (χ0n) is 16.5. The number of hydrogen-bond acceptors (Lipinski definition) is 4. The average molecular weight is 467 g/mol. The molecule has 8 heteroatoms. The molecule has 0 unspecified atom stereocenters. The van der Waals surface area contributed by atoms with Gasteiger partial charge in [0.15, 0.2) is 0 Å². The molecule has 1 aromatic heterocycles. The predicted molar refractivity (Wildman–Crippen MR) is 115 cm³/mol. The number of amides is 3. The van der Waals surface area contributed by atoms with Crippen LogP contribution in [0.25, 0.3) is 0 Å². The molecule has 0 atom stereocenters. The molecule has 0 bridgehead atoms. The first kappa shape index (κ1) is 20.0. The summed E-state index contributed by atoms with van der Waals surface area (Å²) in [5, 5.41) is 4.45. The number of benzene rings is 2. The van der Waals surface area contributed by atoms with E-state index in [0.29, 0.717) is 28.9 Å². The van der Waals surface area contributed by atoms with Gasteiger partial charge in [-0.2, -0.15) is 5.10 Å². The third-order valence-corrected chi connectivity index (χ3v) is 5.65. The molecule has 0 saturated carbocycles. The molecule has 1 aliphatic heterocycles. The summed E-state index contributed by atoms with van der Waals surface area (Å²) in [7, 11) is 1.69. The van der Waals surface area contributed by atoms with Gasteiger partial charge in [-0.25, -0.2) is 4.90 Å². The molecular formula is C22H19BrN4O3. The number of carbonyl (C=O) groups is 3. The van der Waals surface area contributed by atoms with Gasteiger partial charge >= 0.3 is 0 Å². The number of rotatable bonds is 5. The van der Waals surface area contributed by atoms with Crippen LogP contribution in [0.1, 0.15) is 43.7 Å². The first-order valence-electron chi connectivity index (χ1n) is 9.46. The minimum absolute atomic E-state index is 0.230. The quantitative estimate of drug-likeness (QED) is 0.536. The van der Waals surface area contributed by atoms with E-state index >= 15 is 0 Å². The number of carbonyl (C=O) groups excluding carboxylic acids is 3. The maximum Gasteiger partial charge on any atom is 0.266 e. The summed E-state index contributed by atoms with van der Waals surface area (Å²) in [6, 6.07) is 13.3. The van der Waals surface area contributed by atoms with Gasteiger partial charge in [0.1, 0.15) is 0 Å². The summed E-state index contributed by atoms with van der Waals surface area (Å²) in [5.74, 6) is -1.00. The molecule has 7 nitrogen and oxygen atoms in total. The SMILES string of the molecule is CCn1cc(Br)c(CN(C)C(=O)c2cccc(N3C(=O)c4ccccc4C3=O)c2)n1. The molecule has 0 spiro atoms. The highest BCUT2D eigenvalue weighted by Gasteiger charge is 2.36. The summed E-state index contributed by atoms with van der Waals surface area (Å²) in [6.07, 6.45) is 1.87. The number of anilines is 1. The second kappa shape index (κ2) is 7.87. The molecule has 0 radical (unpaired) electrons. The lowest BCUT2D eigenvalue weighted by Crippen LogP contribution is -2.30. The van der Waals surface area contributed by atoms with Crippen molar-refractivity contribution in [2.45, 2.75) is 20.0 Å². The Morgan fingerprint density at radius 3 is 2.33 bits per heavy atom. The molecule has 3 amide bonds. The molecule has 2 aromatic carbocycles. The lowest BCUT2D eigenvalue weighted by Gasteiger charge is -2.18. The molecule has 2 heterocycles. The Hall–Kier alpha value is -3.26. The number of imide groups is 1. The highest BCUT2D eigenvalue weighted by Crippen LogP contribution is 2.29. The molecular weight excluding hydrogens is 448 g/mol. The van der Waals surface area contributed by atoms with Crippen LogP contribution in [0.3, 0.4) is 0 Å². The lowest BCUT2D eigenvalue weighted by atomic mass is 10.1. The number of aromatic nitrogens is 2. The van der Waals surface area contributed by atoms with E-state index in [1.807, 2.05) is 13.1 Å². The fourth-order valence-corrected chi connectivity index (χ4v) is 3.87. The molecule has 0 fully saturated rings. The zero-order valence-corrected chi connectivity index (χ0v) is 18.1. The van der Waals surface area contributed by atoms with Crippen LogP contribution in [0, 0.1) is 0 Å². The summed E-state index contributed by atoms with van der Waals surface area (Å²) in [4.78, 5) is 41.1. The van der Waals surface area contributed by atoms with E-state index < -0.39 is 0 Å². The summed E-state index contributed by atoms with van der Waals surface area (Å²) < 4.78 is 2.63. The molecule has 4 rings (SSSR count). The average Bonchev–Trinajstić information content (AvgIpc) is 3.24. The molecule has 0 saturated heterocycles. The van der Waals surface area contributed by atoms with Crippen molar-refractivity contribution in [3.8, 4) is 0 Å². The summed E-state index contributed by atoms with van der Waals surface area (Å²) in [6.45, 7) is 3.05. The number of hydrogen-bond donors (Lipinski definition) is 0. The maximum absolute atomic E-state index is 13.0. The number of fused-ring (bicyclic) bond motifs is 1. The third kappa shape index (κ3) is 3.43. The minimum Gasteiger partial charge on any atom is -0.336 e. The Bertz CT molecular complexity index is 1140. The normalized spacial score (nSPS) is 13.0. The van der Waals surface area contributed by atoms with Crippen molar-refractivity contribution in [2.75, 3.05) is 11.9 Å². The maximum atomic E-state index is 13.0. The molecule has 1 aliphatic rings. The highest BCUT2D eigenvalue weighted by atomic mass is 79.9. The fourth-order valence-electron chi connectivity index (χ4n) is 3.42. The standard InChI is InChI=1S/C22H19BrN4O3/c1-3-26-12-18(23)19(24-26)13-25(2)20(28)14-7-6-8-15(11-14)27-21(29)16-9-4-5-10-17(16)22(27)30/h4-12H,3,13H2,1-2H3. The number of aryl methyl sites for hydroxylation is 1. The van der Waals surface area contributed by atoms with Crippen LogP contribution in [0.2, 0.25) is 0 Å². The van der Waals surface area contributed by atoms with E-state index in [-0.39, 0.29) is 17.7 Å². The van der Waals surface area contributed by atoms with Crippen LogP contribution in [-0.2, 0) is 13.1 Å². The largest absolute Gasteiger partial charge is 0.336 e. The van der Waals surface area contributed by atoms with Crippen LogP contribution in [-0.4, -0.2) is 39.4 Å². The number of halogens is 1. The topological polar surface area (TPSA) is 75.5 Å². The van der Waals surface area contributed by atoms with E-state index in [1.54, 1.807) is 65.2 Å². The van der Waals surface area contributed by atoms with Crippen LogP contribution in [0.5, 0.6) is 0 Å². The first-order valence-corrected chi connectivity index (χ1v) is 10.2. The third-order valence-electron chi connectivity index (χ3n) is 4.99. The Kier molecular flexibility index (Phi) is 5.26. The Morgan fingerprint density at radius 2 is 1.73 bits per heavy atom. The van der Waals surface area contributed by atoms with E-state index in [4.69, 9.17) is 0 Å². The van der Waals surface area contributed by atoms with Gasteiger partial charge in [0.25, 0.3) is 17.7 Å². The number of nitrogens with zero attached hydrogens (tertiary/aromatic N) is 4. The van der Waals surface area contributed by atoms with Crippen molar-refractivity contribution < 1.29 is 14.4 Å². The van der Waals surface area contributed by atoms with Crippen LogP contribution in [0.15, 0.2) is 59.2 Å². The van der Waals surface area contributed by atoms with Crippen molar-refractivity contribution >= 4 is 39.3 Å². The Labute approximate surface area is 182 Å². The van der Waals surface area contributed by atoms with Crippen molar-refractivity contribution in [1.82, 2.24) is 14.7 Å². The molecule has 0 aliphatic carbocycles. The molecule has 3 aromatic rings. The lowest BCUT2D eigenvalue weighted by molar-refractivity contribution is 0.0781. The van der Waals surface area contributed by atoms with Gasteiger partial charge in [0, 0.05) is 25.4 Å². The van der Waals surface area contributed by atoms with Crippen LogP contribution in [0.4, 0.5) is 5.69 Å². The van der Waals surface area contributed by atoms with E-state index in [0.717, 1.165) is 21.6 Å². The zero-order chi connectivity index (χ0) is 21.4. The monoisotopic (exact) mass is 466 g/mol. The smallest absolute Gasteiger partial charge is 0.266 e. The van der Waals surface area contributed by atoms with Crippen LogP contribution < -0.4 is 4.90 Å². The minimum atomic E-state index is -0.386. The van der Waals surface area contributed by atoms with Gasteiger partial charge < -0.3 is 4.90 Å². The second-order valence-corrected chi connectivity index (χ2v) is 7.84.